The van der Waals surface area contributed by atoms with Crippen LogP contribution in [0.3, 0.4) is 0 Å². The lowest BCUT2D eigenvalue weighted by atomic mass is 10.1. The van der Waals surface area contributed by atoms with E-state index < -0.39 is 6.10 Å². The molecule has 1 fully saturated rings. The molecule has 1 saturated heterocycles. The standard InChI is InChI=1S/C16H17N5O3/c22-15(13-9-11-3-1-2-4-12(11)24-13)20-5-7-21(8-6-20)16(23)14-17-10-18-19-14/h1-4,10,13H,5-9H2,(H,17,18,19). The molecule has 124 valence electrons. The summed E-state index contributed by atoms with van der Waals surface area (Å²) >= 11 is 0. The number of piperazine rings is 1. The summed E-state index contributed by atoms with van der Waals surface area (Å²) in [6, 6.07) is 7.72. The second-order valence-corrected chi connectivity index (χ2v) is 5.87. The van der Waals surface area contributed by atoms with Gasteiger partial charge in [-0.1, -0.05) is 18.2 Å². The highest BCUT2D eigenvalue weighted by atomic mass is 16.5. The highest BCUT2D eigenvalue weighted by molar-refractivity contribution is 5.90. The first kappa shape index (κ1) is 14.7. The zero-order valence-electron chi connectivity index (χ0n) is 13.0. The molecule has 1 unspecified atom stereocenters. The van der Waals surface area contributed by atoms with E-state index in [4.69, 9.17) is 4.74 Å². The van der Waals surface area contributed by atoms with Gasteiger partial charge in [-0.2, -0.15) is 5.10 Å². The summed E-state index contributed by atoms with van der Waals surface area (Å²) in [5.74, 6) is 0.807. The van der Waals surface area contributed by atoms with Crippen LogP contribution in [0, 0.1) is 0 Å². The molecule has 2 aliphatic rings. The molecule has 8 nitrogen and oxygen atoms in total. The molecule has 3 heterocycles. The minimum Gasteiger partial charge on any atom is -0.480 e. The number of amides is 2. The predicted molar refractivity (Wildman–Crippen MR) is 83.4 cm³/mol. The number of hydrogen-bond donors (Lipinski definition) is 1. The second kappa shape index (κ2) is 5.95. The molecule has 0 spiro atoms. The average Bonchev–Trinajstić information content (AvgIpc) is 3.30. The summed E-state index contributed by atoms with van der Waals surface area (Å²) in [5.41, 5.74) is 1.06. The molecule has 24 heavy (non-hydrogen) atoms. The Balaban J connectivity index is 1.35. The number of nitrogens with one attached hydrogen (secondary N) is 1. The van der Waals surface area contributed by atoms with Gasteiger partial charge in [0.05, 0.1) is 0 Å². The Morgan fingerprint density at radius 3 is 2.58 bits per heavy atom. The number of rotatable bonds is 2. The fourth-order valence-corrected chi connectivity index (χ4v) is 3.11. The van der Waals surface area contributed by atoms with Crippen LogP contribution < -0.4 is 4.74 Å². The van der Waals surface area contributed by atoms with Crippen molar-refractivity contribution in [2.24, 2.45) is 0 Å². The molecule has 2 aromatic rings. The SMILES string of the molecule is O=C(c1ncn[nH]1)N1CCN(C(=O)C2Cc3ccccc3O2)CC1. The van der Waals surface area contributed by atoms with E-state index in [0.717, 1.165) is 11.3 Å². The van der Waals surface area contributed by atoms with E-state index in [2.05, 4.69) is 15.2 Å². The second-order valence-electron chi connectivity index (χ2n) is 5.87. The van der Waals surface area contributed by atoms with Crippen LogP contribution in [0.5, 0.6) is 5.75 Å². The van der Waals surface area contributed by atoms with Gasteiger partial charge >= 0.3 is 0 Å². The smallest absolute Gasteiger partial charge is 0.291 e. The van der Waals surface area contributed by atoms with Crippen LogP contribution in [0.1, 0.15) is 16.2 Å². The quantitative estimate of drug-likeness (QED) is 0.844. The van der Waals surface area contributed by atoms with Gasteiger partial charge in [0, 0.05) is 32.6 Å². The molecular formula is C16H17N5O3. The number of carbonyl (C=O) groups is 2. The van der Waals surface area contributed by atoms with E-state index >= 15 is 0 Å². The molecule has 1 N–H and O–H groups in total. The maximum Gasteiger partial charge on any atom is 0.291 e. The highest BCUT2D eigenvalue weighted by Gasteiger charge is 2.34. The summed E-state index contributed by atoms with van der Waals surface area (Å²) < 4.78 is 5.76. The van der Waals surface area contributed by atoms with Gasteiger partial charge in [-0.3, -0.25) is 14.7 Å². The van der Waals surface area contributed by atoms with Crippen LogP contribution in [0.15, 0.2) is 30.6 Å². The zero-order chi connectivity index (χ0) is 16.5. The molecule has 0 aliphatic carbocycles. The lowest BCUT2D eigenvalue weighted by Gasteiger charge is -2.35. The van der Waals surface area contributed by atoms with Crippen molar-refractivity contribution >= 4 is 11.8 Å². The van der Waals surface area contributed by atoms with E-state index in [0.29, 0.717) is 32.6 Å². The highest BCUT2D eigenvalue weighted by Crippen LogP contribution is 2.29. The van der Waals surface area contributed by atoms with E-state index in [-0.39, 0.29) is 17.6 Å². The minimum absolute atomic E-state index is 0.0158. The van der Waals surface area contributed by atoms with Crippen molar-refractivity contribution in [3.05, 3.63) is 42.0 Å². The van der Waals surface area contributed by atoms with E-state index in [1.165, 1.54) is 6.33 Å². The first-order chi connectivity index (χ1) is 11.7. The Bertz CT molecular complexity index is 728. The lowest BCUT2D eigenvalue weighted by molar-refractivity contribution is -0.139. The van der Waals surface area contributed by atoms with Crippen molar-refractivity contribution in [2.45, 2.75) is 12.5 Å². The number of aromatic nitrogens is 3. The summed E-state index contributed by atoms with van der Waals surface area (Å²) in [7, 11) is 0. The molecular weight excluding hydrogens is 310 g/mol. The Labute approximate surface area is 138 Å². The minimum atomic E-state index is -0.459. The van der Waals surface area contributed by atoms with E-state index in [1.54, 1.807) is 9.80 Å². The van der Waals surface area contributed by atoms with Crippen molar-refractivity contribution in [2.75, 3.05) is 26.2 Å². The Hall–Kier alpha value is -2.90. The van der Waals surface area contributed by atoms with Crippen molar-refractivity contribution in [1.29, 1.82) is 0 Å². The molecule has 1 aromatic heterocycles. The molecule has 2 amide bonds. The van der Waals surface area contributed by atoms with Crippen LogP contribution in [0.2, 0.25) is 0 Å². The summed E-state index contributed by atoms with van der Waals surface area (Å²) in [5, 5.41) is 6.26. The predicted octanol–water partition coefficient (Wildman–Crippen LogP) is 0.0928. The molecule has 4 rings (SSSR count). The first-order valence-corrected chi connectivity index (χ1v) is 7.90. The van der Waals surface area contributed by atoms with Crippen molar-refractivity contribution in [1.82, 2.24) is 25.0 Å². The Kier molecular flexibility index (Phi) is 3.64. The summed E-state index contributed by atoms with van der Waals surface area (Å²) in [6.07, 6.45) is 1.45. The number of H-pyrrole nitrogens is 1. The van der Waals surface area contributed by atoms with Gasteiger partial charge in [-0.15, -0.1) is 0 Å². The molecule has 0 radical (unpaired) electrons. The van der Waals surface area contributed by atoms with Crippen LogP contribution in [0.4, 0.5) is 0 Å². The monoisotopic (exact) mass is 327 g/mol. The number of nitrogens with zero attached hydrogens (tertiary/aromatic N) is 4. The van der Waals surface area contributed by atoms with Gasteiger partial charge in [0.15, 0.2) is 6.10 Å². The van der Waals surface area contributed by atoms with Gasteiger partial charge in [-0.25, -0.2) is 4.98 Å². The van der Waals surface area contributed by atoms with Gasteiger partial charge in [0.1, 0.15) is 12.1 Å². The number of aromatic amines is 1. The fraction of sp³-hybridized carbons (Fsp3) is 0.375. The molecule has 0 saturated carbocycles. The Morgan fingerprint density at radius 1 is 1.12 bits per heavy atom. The fourth-order valence-electron chi connectivity index (χ4n) is 3.11. The average molecular weight is 327 g/mol. The van der Waals surface area contributed by atoms with Crippen molar-refractivity contribution < 1.29 is 14.3 Å². The Morgan fingerprint density at radius 2 is 1.88 bits per heavy atom. The van der Waals surface area contributed by atoms with E-state index in [9.17, 15) is 9.59 Å². The molecule has 2 aliphatic heterocycles. The van der Waals surface area contributed by atoms with Crippen LogP contribution >= 0.6 is 0 Å². The lowest BCUT2D eigenvalue weighted by Crippen LogP contribution is -2.53. The van der Waals surface area contributed by atoms with E-state index in [1.807, 2.05) is 24.3 Å². The van der Waals surface area contributed by atoms with Crippen LogP contribution in [-0.2, 0) is 11.2 Å². The number of carbonyl (C=O) groups excluding carboxylic acids is 2. The molecule has 1 atom stereocenters. The van der Waals surface area contributed by atoms with Gasteiger partial charge < -0.3 is 14.5 Å². The van der Waals surface area contributed by atoms with Crippen molar-refractivity contribution in [3.63, 3.8) is 0 Å². The third-order valence-electron chi connectivity index (χ3n) is 4.42. The van der Waals surface area contributed by atoms with Crippen LogP contribution in [-0.4, -0.2) is 69.1 Å². The zero-order valence-corrected chi connectivity index (χ0v) is 13.0. The number of para-hydroxylation sites is 1. The third kappa shape index (κ3) is 2.60. The summed E-state index contributed by atoms with van der Waals surface area (Å²) in [6.45, 7) is 1.94. The van der Waals surface area contributed by atoms with Gasteiger partial charge in [0.2, 0.25) is 5.82 Å². The van der Waals surface area contributed by atoms with Crippen molar-refractivity contribution in [3.8, 4) is 5.75 Å². The normalized spacial score (nSPS) is 19.8. The third-order valence-corrected chi connectivity index (χ3v) is 4.42. The maximum absolute atomic E-state index is 12.6. The molecule has 8 heteroatoms. The number of hydrogen-bond acceptors (Lipinski definition) is 5. The topological polar surface area (TPSA) is 91.4 Å². The molecule has 1 aromatic carbocycles. The number of fused-ring (bicyclic) bond motifs is 1. The largest absolute Gasteiger partial charge is 0.480 e. The van der Waals surface area contributed by atoms with Crippen LogP contribution in [0.25, 0.3) is 0 Å². The number of ether oxygens (including phenoxy) is 1. The first-order valence-electron chi connectivity index (χ1n) is 7.90. The van der Waals surface area contributed by atoms with Gasteiger partial charge in [0.25, 0.3) is 11.8 Å². The molecule has 0 bridgehead atoms. The number of benzene rings is 1. The maximum atomic E-state index is 12.6. The summed E-state index contributed by atoms with van der Waals surface area (Å²) in [4.78, 5) is 32.2. The van der Waals surface area contributed by atoms with Gasteiger partial charge in [-0.05, 0) is 11.6 Å².